The van der Waals surface area contributed by atoms with Gasteiger partial charge < -0.3 is 4.57 Å². The first-order valence-corrected chi connectivity index (χ1v) is 9.11. The van der Waals surface area contributed by atoms with E-state index in [4.69, 9.17) is 9.54 Å². The van der Waals surface area contributed by atoms with Gasteiger partial charge in [0, 0.05) is 12.1 Å². The van der Waals surface area contributed by atoms with Crippen LogP contribution in [0.25, 0.3) is 22.4 Å². The first-order chi connectivity index (χ1) is 11.0. The maximum atomic E-state index is 10.8. The monoisotopic (exact) mass is 330 g/mol. The van der Waals surface area contributed by atoms with E-state index in [9.17, 15) is 8.42 Å². The average Bonchev–Trinajstić information content (AvgIpc) is 2.90. The maximum absolute atomic E-state index is 10.8. The Kier molecular flexibility index (Phi) is 4.45. The second kappa shape index (κ2) is 6.52. The van der Waals surface area contributed by atoms with Gasteiger partial charge >= 0.3 is 0 Å². The lowest BCUT2D eigenvalue weighted by molar-refractivity contribution is 0.478. The van der Waals surface area contributed by atoms with E-state index >= 15 is 0 Å². The Morgan fingerprint density at radius 3 is 2.39 bits per heavy atom. The topological polar surface area (TPSA) is 72.2 Å². The normalized spacial score (nSPS) is 11.9. The van der Waals surface area contributed by atoms with Crippen molar-refractivity contribution in [3.05, 3.63) is 54.6 Å². The van der Waals surface area contributed by atoms with Crippen LogP contribution in [0.2, 0.25) is 0 Å². The van der Waals surface area contributed by atoms with Crippen molar-refractivity contribution in [3.63, 3.8) is 0 Å². The van der Waals surface area contributed by atoms with E-state index in [-0.39, 0.29) is 5.75 Å². The molecule has 120 valence electrons. The van der Waals surface area contributed by atoms with Crippen molar-refractivity contribution in [2.75, 3.05) is 5.75 Å². The molecule has 0 fully saturated rings. The lowest BCUT2D eigenvalue weighted by atomic mass is 10.2. The quantitative estimate of drug-likeness (QED) is 0.555. The molecule has 1 heterocycles. The molecular weight excluding hydrogens is 312 g/mol. The summed E-state index contributed by atoms with van der Waals surface area (Å²) >= 11 is 0. The fraction of sp³-hybridized carbons (Fsp3) is 0.235. The summed E-state index contributed by atoms with van der Waals surface area (Å²) in [7, 11) is -3.89. The number of aromatic nitrogens is 2. The molecule has 1 aromatic heterocycles. The number of imidazole rings is 1. The Balaban J connectivity index is 1.91. The summed E-state index contributed by atoms with van der Waals surface area (Å²) in [6.45, 7) is 0.653. The van der Waals surface area contributed by atoms with Crippen LogP contribution >= 0.6 is 0 Å². The maximum Gasteiger partial charge on any atom is 0.264 e. The third kappa shape index (κ3) is 3.78. The lowest BCUT2D eigenvalue weighted by Gasteiger charge is -2.09. The summed E-state index contributed by atoms with van der Waals surface area (Å²) in [4.78, 5) is 4.71. The first kappa shape index (κ1) is 15.7. The SMILES string of the molecule is O=S(=O)(O)CCCCn1c(-c2ccccc2)nc2ccccc21. The fourth-order valence-corrected chi connectivity index (χ4v) is 3.23. The van der Waals surface area contributed by atoms with Crippen LogP contribution < -0.4 is 0 Å². The molecular formula is C17H18N2O3S. The van der Waals surface area contributed by atoms with E-state index < -0.39 is 10.1 Å². The van der Waals surface area contributed by atoms with Crippen molar-refractivity contribution in [1.82, 2.24) is 9.55 Å². The number of aryl methyl sites for hydroxylation is 1. The molecule has 0 radical (unpaired) electrons. The van der Waals surface area contributed by atoms with E-state index in [1.54, 1.807) is 0 Å². The average molecular weight is 330 g/mol. The molecule has 0 saturated carbocycles. The van der Waals surface area contributed by atoms with Crippen molar-refractivity contribution < 1.29 is 13.0 Å². The molecule has 0 aliphatic carbocycles. The van der Waals surface area contributed by atoms with Crippen molar-refractivity contribution in [2.24, 2.45) is 0 Å². The van der Waals surface area contributed by atoms with Gasteiger partial charge in [-0.15, -0.1) is 0 Å². The third-order valence-electron chi connectivity index (χ3n) is 3.72. The fourth-order valence-electron chi connectivity index (χ4n) is 2.66. The van der Waals surface area contributed by atoms with Gasteiger partial charge in [0.25, 0.3) is 10.1 Å². The van der Waals surface area contributed by atoms with Crippen molar-refractivity contribution >= 4 is 21.2 Å². The van der Waals surface area contributed by atoms with Crippen LogP contribution in [0, 0.1) is 0 Å². The van der Waals surface area contributed by atoms with Crippen LogP contribution in [-0.4, -0.2) is 28.3 Å². The lowest BCUT2D eigenvalue weighted by Crippen LogP contribution is -2.06. The highest BCUT2D eigenvalue weighted by molar-refractivity contribution is 7.85. The van der Waals surface area contributed by atoms with Crippen molar-refractivity contribution in [1.29, 1.82) is 0 Å². The van der Waals surface area contributed by atoms with Gasteiger partial charge in [0.15, 0.2) is 0 Å². The zero-order chi connectivity index (χ0) is 16.3. The molecule has 0 aliphatic heterocycles. The van der Waals surface area contributed by atoms with Crippen LogP contribution in [0.1, 0.15) is 12.8 Å². The van der Waals surface area contributed by atoms with Gasteiger partial charge in [0.1, 0.15) is 5.82 Å². The standard InChI is InChI=1S/C17H18N2O3S/c20-23(21,22)13-7-6-12-19-16-11-5-4-10-15(16)18-17(19)14-8-2-1-3-9-14/h1-5,8-11H,6-7,12-13H2,(H,20,21,22). The molecule has 1 N–H and O–H groups in total. The van der Waals surface area contributed by atoms with Gasteiger partial charge in [-0.05, 0) is 25.0 Å². The molecule has 0 spiro atoms. The number of hydrogen-bond acceptors (Lipinski definition) is 3. The highest BCUT2D eigenvalue weighted by Crippen LogP contribution is 2.25. The van der Waals surface area contributed by atoms with Crippen molar-refractivity contribution in [3.8, 4) is 11.4 Å². The van der Waals surface area contributed by atoms with Gasteiger partial charge in [0.2, 0.25) is 0 Å². The molecule has 3 rings (SSSR count). The van der Waals surface area contributed by atoms with Gasteiger partial charge in [-0.1, -0.05) is 42.5 Å². The number of fused-ring (bicyclic) bond motifs is 1. The van der Waals surface area contributed by atoms with E-state index in [1.165, 1.54) is 0 Å². The molecule has 0 aliphatic rings. The van der Waals surface area contributed by atoms with E-state index in [2.05, 4.69) is 4.57 Å². The predicted octanol–water partition coefficient (Wildman–Crippen LogP) is 3.37. The van der Waals surface area contributed by atoms with Crippen LogP contribution in [0.5, 0.6) is 0 Å². The summed E-state index contributed by atoms with van der Waals surface area (Å²) in [5, 5.41) is 0. The minimum Gasteiger partial charge on any atom is -0.324 e. The van der Waals surface area contributed by atoms with Gasteiger partial charge in [0.05, 0.1) is 16.8 Å². The zero-order valence-electron chi connectivity index (χ0n) is 12.6. The highest BCUT2D eigenvalue weighted by Gasteiger charge is 2.12. The largest absolute Gasteiger partial charge is 0.324 e. The molecule has 5 nitrogen and oxygen atoms in total. The molecule has 3 aromatic rings. The second-order valence-electron chi connectivity index (χ2n) is 5.43. The van der Waals surface area contributed by atoms with Crippen LogP contribution in [0.15, 0.2) is 54.6 Å². The number of nitrogens with zero attached hydrogens (tertiary/aromatic N) is 2. The number of unbranched alkanes of at least 4 members (excludes halogenated alkanes) is 1. The summed E-state index contributed by atoms with van der Waals surface area (Å²) in [6, 6.07) is 17.8. The van der Waals surface area contributed by atoms with Crippen LogP contribution in [0.3, 0.4) is 0 Å². The zero-order valence-corrected chi connectivity index (χ0v) is 13.4. The van der Waals surface area contributed by atoms with Crippen LogP contribution in [0.4, 0.5) is 0 Å². The molecule has 0 atom stereocenters. The van der Waals surface area contributed by atoms with Gasteiger partial charge in [-0.3, -0.25) is 4.55 Å². The Labute approximate surface area is 135 Å². The molecule has 2 aromatic carbocycles. The number of rotatable bonds is 6. The number of para-hydroxylation sites is 2. The van der Waals surface area contributed by atoms with Crippen LogP contribution in [-0.2, 0) is 16.7 Å². The van der Waals surface area contributed by atoms with Gasteiger partial charge in [-0.2, -0.15) is 8.42 Å². The highest BCUT2D eigenvalue weighted by atomic mass is 32.2. The summed E-state index contributed by atoms with van der Waals surface area (Å²) in [5.74, 6) is 0.666. The summed E-state index contributed by atoms with van der Waals surface area (Å²) in [5.41, 5.74) is 2.97. The second-order valence-corrected chi connectivity index (χ2v) is 7.01. The number of hydrogen-bond donors (Lipinski definition) is 1. The first-order valence-electron chi connectivity index (χ1n) is 7.50. The Bertz CT molecular complexity index is 902. The molecule has 6 heteroatoms. The minimum atomic E-state index is -3.89. The molecule has 0 saturated heterocycles. The van der Waals surface area contributed by atoms with E-state index in [0.717, 1.165) is 22.4 Å². The molecule has 0 unspecified atom stereocenters. The summed E-state index contributed by atoms with van der Waals surface area (Å²) in [6.07, 6.45) is 1.07. The smallest absolute Gasteiger partial charge is 0.264 e. The Morgan fingerprint density at radius 2 is 1.65 bits per heavy atom. The van der Waals surface area contributed by atoms with E-state index in [0.29, 0.717) is 19.4 Å². The Morgan fingerprint density at radius 1 is 0.957 bits per heavy atom. The third-order valence-corrected chi connectivity index (χ3v) is 4.53. The molecule has 0 bridgehead atoms. The molecule has 0 amide bonds. The molecule has 23 heavy (non-hydrogen) atoms. The minimum absolute atomic E-state index is 0.208. The van der Waals surface area contributed by atoms with Crippen molar-refractivity contribution in [2.45, 2.75) is 19.4 Å². The van der Waals surface area contributed by atoms with Gasteiger partial charge in [-0.25, -0.2) is 4.98 Å². The summed E-state index contributed by atoms with van der Waals surface area (Å²) < 4.78 is 32.6. The number of benzene rings is 2. The predicted molar refractivity (Wildman–Crippen MR) is 90.8 cm³/mol. The Hall–Kier alpha value is -2.18. The van der Waals surface area contributed by atoms with E-state index in [1.807, 2.05) is 54.6 Å².